The lowest BCUT2D eigenvalue weighted by Crippen LogP contribution is -2.38. The number of guanidine groups is 1. The Bertz CT molecular complexity index is 458. The molecule has 1 aliphatic carbocycles. The number of nitrogens with one attached hydrogen (secondary N) is 1. The average Bonchev–Trinajstić information content (AvgIpc) is 2.98. The van der Waals surface area contributed by atoms with Crippen LogP contribution >= 0.6 is 35.3 Å². The summed E-state index contributed by atoms with van der Waals surface area (Å²) in [7, 11) is 0. The van der Waals surface area contributed by atoms with Crippen molar-refractivity contribution in [3.63, 3.8) is 0 Å². The lowest BCUT2D eigenvalue weighted by atomic mass is 9.98. The van der Waals surface area contributed by atoms with E-state index in [-0.39, 0.29) is 29.4 Å². The first-order valence-electron chi connectivity index (χ1n) is 7.46. The molecule has 0 aliphatic heterocycles. The van der Waals surface area contributed by atoms with Crippen LogP contribution < -0.4 is 11.1 Å². The van der Waals surface area contributed by atoms with Crippen molar-refractivity contribution in [2.75, 3.05) is 6.54 Å². The summed E-state index contributed by atoms with van der Waals surface area (Å²) in [5, 5.41) is 6.63. The molecule has 0 bridgehead atoms. The molecule has 3 N–H and O–H groups in total. The number of hydrogen-bond acceptors (Lipinski definition) is 3. The van der Waals surface area contributed by atoms with Gasteiger partial charge in [0, 0.05) is 29.8 Å². The average molecular weight is 422 g/mol. The van der Waals surface area contributed by atoms with Crippen molar-refractivity contribution < 1.29 is 0 Å². The Labute approximate surface area is 149 Å². The smallest absolute Gasteiger partial charge is 0.188 e. The highest BCUT2D eigenvalue weighted by molar-refractivity contribution is 14.0. The van der Waals surface area contributed by atoms with Crippen LogP contribution in [-0.4, -0.2) is 23.5 Å². The van der Waals surface area contributed by atoms with Gasteiger partial charge in [-0.3, -0.25) is 4.99 Å². The van der Waals surface area contributed by atoms with Gasteiger partial charge in [-0.2, -0.15) is 0 Å². The molecule has 1 saturated carbocycles. The first kappa shape index (κ1) is 18.7. The van der Waals surface area contributed by atoms with Crippen molar-refractivity contribution in [2.24, 2.45) is 10.7 Å². The van der Waals surface area contributed by atoms with Crippen LogP contribution in [-0.2, 0) is 11.8 Å². The molecule has 1 aliphatic rings. The maximum Gasteiger partial charge on any atom is 0.188 e. The molecule has 0 unspecified atom stereocenters. The molecule has 4 nitrogen and oxygen atoms in total. The zero-order chi connectivity index (χ0) is 14.6. The Morgan fingerprint density at radius 1 is 1.43 bits per heavy atom. The molecule has 2 rings (SSSR count). The maximum absolute atomic E-state index is 5.91. The van der Waals surface area contributed by atoms with Gasteiger partial charge in [-0.15, -0.1) is 35.3 Å². The highest BCUT2D eigenvalue weighted by atomic mass is 127. The van der Waals surface area contributed by atoms with Crippen LogP contribution in [0.4, 0.5) is 0 Å². The van der Waals surface area contributed by atoms with Crippen molar-refractivity contribution >= 4 is 41.3 Å². The number of hydrogen-bond donors (Lipinski definition) is 2. The van der Waals surface area contributed by atoms with Gasteiger partial charge in [-0.25, -0.2) is 4.98 Å². The van der Waals surface area contributed by atoms with Gasteiger partial charge in [0.2, 0.25) is 0 Å². The summed E-state index contributed by atoms with van der Waals surface area (Å²) in [6, 6.07) is 0.533. The molecule has 1 aromatic heterocycles. The molecule has 0 spiro atoms. The van der Waals surface area contributed by atoms with Crippen LogP contribution in [0.2, 0.25) is 0 Å². The number of halogens is 1. The SMILES string of the molecule is CC(C)(C)c1nc(CCN=C(N)NC2CCCC2)cs1.I. The van der Waals surface area contributed by atoms with Gasteiger partial charge in [0.15, 0.2) is 5.96 Å². The summed E-state index contributed by atoms with van der Waals surface area (Å²) in [6.45, 7) is 7.28. The predicted octanol–water partition coefficient (Wildman–Crippen LogP) is 3.45. The van der Waals surface area contributed by atoms with E-state index in [2.05, 4.69) is 41.4 Å². The molecule has 1 aromatic rings. The van der Waals surface area contributed by atoms with Crippen molar-refractivity contribution in [3.8, 4) is 0 Å². The van der Waals surface area contributed by atoms with Crippen LogP contribution in [0.5, 0.6) is 0 Å². The summed E-state index contributed by atoms with van der Waals surface area (Å²) >= 11 is 1.74. The Kier molecular flexibility index (Phi) is 7.39. The second-order valence-corrected chi connectivity index (χ2v) is 7.39. The van der Waals surface area contributed by atoms with Crippen LogP contribution in [0.25, 0.3) is 0 Å². The van der Waals surface area contributed by atoms with E-state index >= 15 is 0 Å². The standard InChI is InChI=1S/C15H26N4S.HI/c1-15(2,3)13-18-12(10-20-13)8-9-17-14(16)19-11-6-4-5-7-11;/h10-11H,4-9H2,1-3H3,(H3,16,17,19);1H. The fraction of sp³-hybridized carbons (Fsp3) is 0.733. The molecule has 0 amide bonds. The van der Waals surface area contributed by atoms with Crippen molar-refractivity contribution in [1.29, 1.82) is 0 Å². The van der Waals surface area contributed by atoms with Crippen molar-refractivity contribution in [3.05, 3.63) is 16.1 Å². The lowest BCUT2D eigenvalue weighted by molar-refractivity contribution is 0.583. The zero-order valence-corrected chi connectivity index (χ0v) is 16.3. The Hall–Kier alpha value is -0.370. The number of rotatable bonds is 4. The van der Waals surface area contributed by atoms with Gasteiger partial charge in [0.05, 0.1) is 10.7 Å². The summed E-state index contributed by atoms with van der Waals surface area (Å²) in [4.78, 5) is 9.07. The van der Waals surface area contributed by atoms with Gasteiger partial charge in [0.1, 0.15) is 0 Å². The summed E-state index contributed by atoms with van der Waals surface area (Å²) in [5.74, 6) is 0.586. The van der Waals surface area contributed by atoms with Crippen LogP contribution in [0, 0.1) is 0 Å². The quantitative estimate of drug-likeness (QED) is 0.444. The van der Waals surface area contributed by atoms with E-state index in [0.717, 1.165) is 12.1 Å². The fourth-order valence-electron chi connectivity index (χ4n) is 2.38. The number of nitrogens with two attached hydrogens (primary N) is 1. The predicted molar refractivity (Wildman–Crippen MR) is 102 cm³/mol. The molecule has 0 saturated heterocycles. The molecule has 0 radical (unpaired) electrons. The van der Waals surface area contributed by atoms with E-state index in [1.165, 1.54) is 30.7 Å². The van der Waals surface area contributed by atoms with Gasteiger partial charge in [-0.05, 0) is 12.8 Å². The Morgan fingerprint density at radius 3 is 2.67 bits per heavy atom. The molecule has 0 aromatic carbocycles. The fourth-order valence-corrected chi connectivity index (χ4v) is 3.32. The Balaban J connectivity index is 0.00000220. The summed E-state index contributed by atoms with van der Waals surface area (Å²) in [5.41, 5.74) is 7.17. The number of aromatic nitrogens is 1. The van der Waals surface area contributed by atoms with E-state index < -0.39 is 0 Å². The molecule has 120 valence electrons. The second-order valence-electron chi connectivity index (χ2n) is 6.54. The third-order valence-corrected chi connectivity index (χ3v) is 4.87. The van der Waals surface area contributed by atoms with Crippen LogP contribution in [0.1, 0.15) is 57.2 Å². The second kappa shape index (κ2) is 8.31. The van der Waals surface area contributed by atoms with E-state index in [4.69, 9.17) is 5.73 Å². The summed E-state index contributed by atoms with van der Waals surface area (Å²) < 4.78 is 0. The third kappa shape index (κ3) is 6.10. The lowest BCUT2D eigenvalue weighted by Gasteiger charge is -2.13. The normalized spacial score (nSPS) is 16.8. The van der Waals surface area contributed by atoms with Crippen LogP contribution in [0.3, 0.4) is 0 Å². The van der Waals surface area contributed by atoms with E-state index in [9.17, 15) is 0 Å². The minimum absolute atomic E-state index is 0. The number of thiazole rings is 1. The highest BCUT2D eigenvalue weighted by Gasteiger charge is 2.18. The number of aliphatic imine (C=N–C) groups is 1. The Morgan fingerprint density at radius 2 is 2.10 bits per heavy atom. The zero-order valence-electron chi connectivity index (χ0n) is 13.2. The minimum atomic E-state index is 0. The van der Waals surface area contributed by atoms with Gasteiger partial charge in [-0.1, -0.05) is 33.6 Å². The molecule has 6 heteroatoms. The molecule has 21 heavy (non-hydrogen) atoms. The minimum Gasteiger partial charge on any atom is -0.370 e. The summed E-state index contributed by atoms with van der Waals surface area (Å²) in [6.07, 6.45) is 5.91. The molecular formula is C15H27IN4S. The van der Waals surface area contributed by atoms with Gasteiger partial charge in [0.25, 0.3) is 0 Å². The van der Waals surface area contributed by atoms with E-state index in [0.29, 0.717) is 18.5 Å². The molecule has 1 heterocycles. The molecule has 0 atom stereocenters. The monoisotopic (exact) mass is 422 g/mol. The van der Waals surface area contributed by atoms with Crippen molar-refractivity contribution in [1.82, 2.24) is 10.3 Å². The first-order valence-corrected chi connectivity index (χ1v) is 8.34. The third-order valence-electron chi connectivity index (χ3n) is 3.55. The largest absolute Gasteiger partial charge is 0.370 e. The van der Waals surface area contributed by atoms with E-state index in [1.54, 1.807) is 11.3 Å². The topological polar surface area (TPSA) is 63.3 Å². The first-order chi connectivity index (χ1) is 9.45. The van der Waals surface area contributed by atoms with Crippen molar-refractivity contribution in [2.45, 2.75) is 64.3 Å². The van der Waals surface area contributed by atoms with Gasteiger partial charge < -0.3 is 11.1 Å². The number of nitrogens with zero attached hydrogens (tertiary/aromatic N) is 2. The van der Waals surface area contributed by atoms with Gasteiger partial charge >= 0.3 is 0 Å². The molecular weight excluding hydrogens is 395 g/mol. The highest BCUT2D eigenvalue weighted by Crippen LogP contribution is 2.25. The maximum atomic E-state index is 5.91. The van der Waals surface area contributed by atoms with Crippen LogP contribution in [0.15, 0.2) is 10.4 Å². The van der Waals surface area contributed by atoms with E-state index in [1.807, 2.05) is 0 Å². The molecule has 1 fully saturated rings.